The molecule has 0 spiro atoms. The Morgan fingerprint density at radius 1 is 1.40 bits per heavy atom. The van der Waals surface area contributed by atoms with Crippen molar-refractivity contribution in [3.05, 3.63) is 40.7 Å². The zero-order valence-electron chi connectivity index (χ0n) is 11.0. The quantitative estimate of drug-likeness (QED) is 0.849. The van der Waals surface area contributed by atoms with E-state index in [1.165, 1.54) is 12.3 Å². The largest absolute Gasteiger partial charge is 0.477 e. The van der Waals surface area contributed by atoms with Gasteiger partial charge in [-0.15, -0.1) is 11.3 Å². The average molecular weight is 293 g/mol. The van der Waals surface area contributed by atoms with Crippen LogP contribution in [0.3, 0.4) is 0 Å². The van der Waals surface area contributed by atoms with E-state index in [4.69, 9.17) is 4.74 Å². The SMILES string of the molecule is Fc1ccc(OCC2CCN(Cc3cscn3)C2)nc1. The highest BCUT2D eigenvalue weighted by Gasteiger charge is 2.23. The van der Waals surface area contributed by atoms with E-state index in [1.54, 1.807) is 17.4 Å². The van der Waals surface area contributed by atoms with Gasteiger partial charge in [-0.2, -0.15) is 0 Å². The number of likely N-dealkylation sites (tertiary alicyclic amines) is 1. The third-order valence-corrected chi connectivity index (χ3v) is 4.04. The molecule has 0 bridgehead atoms. The van der Waals surface area contributed by atoms with Crippen LogP contribution in [0.1, 0.15) is 12.1 Å². The van der Waals surface area contributed by atoms with Crippen LogP contribution in [0.4, 0.5) is 4.39 Å². The summed E-state index contributed by atoms with van der Waals surface area (Å²) in [5.74, 6) is 0.650. The van der Waals surface area contributed by atoms with E-state index in [9.17, 15) is 4.39 Å². The molecule has 1 aliphatic heterocycles. The number of nitrogens with zero attached hydrogens (tertiary/aromatic N) is 3. The van der Waals surface area contributed by atoms with Crippen LogP contribution in [-0.4, -0.2) is 34.6 Å². The Labute approximate surface area is 121 Å². The zero-order valence-corrected chi connectivity index (χ0v) is 11.9. The van der Waals surface area contributed by atoms with Crippen molar-refractivity contribution in [3.8, 4) is 5.88 Å². The smallest absolute Gasteiger partial charge is 0.213 e. The molecule has 0 N–H and O–H groups in total. The number of hydrogen-bond donors (Lipinski definition) is 0. The molecule has 20 heavy (non-hydrogen) atoms. The summed E-state index contributed by atoms with van der Waals surface area (Å²) in [6.07, 6.45) is 2.30. The van der Waals surface area contributed by atoms with Gasteiger partial charge in [0.15, 0.2) is 0 Å². The Hall–Kier alpha value is -1.53. The lowest BCUT2D eigenvalue weighted by atomic mass is 10.1. The monoisotopic (exact) mass is 293 g/mol. The van der Waals surface area contributed by atoms with E-state index in [0.29, 0.717) is 18.4 Å². The van der Waals surface area contributed by atoms with Gasteiger partial charge in [0.05, 0.1) is 24.0 Å². The number of thiazole rings is 1. The number of pyridine rings is 1. The van der Waals surface area contributed by atoms with E-state index in [1.807, 2.05) is 5.51 Å². The number of aromatic nitrogens is 2. The van der Waals surface area contributed by atoms with Gasteiger partial charge >= 0.3 is 0 Å². The van der Waals surface area contributed by atoms with Gasteiger partial charge in [-0.05, 0) is 19.0 Å². The maximum atomic E-state index is 12.7. The fourth-order valence-electron chi connectivity index (χ4n) is 2.39. The Balaban J connectivity index is 1.44. The molecule has 2 aromatic heterocycles. The summed E-state index contributed by atoms with van der Waals surface area (Å²) in [6.45, 7) is 3.63. The Morgan fingerprint density at radius 2 is 2.35 bits per heavy atom. The first-order valence-electron chi connectivity index (χ1n) is 6.63. The topological polar surface area (TPSA) is 38.2 Å². The van der Waals surface area contributed by atoms with Gasteiger partial charge in [0, 0.05) is 30.5 Å². The summed E-state index contributed by atoms with van der Waals surface area (Å²) in [6, 6.07) is 2.93. The lowest BCUT2D eigenvalue weighted by Gasteiger charge is -2.14. The van der Waals surface area contributed by atoms with Crippen LogP contribution in [0.2, 0.25) is 0 Å². The molecule has 1 atom stereocenters. The minimum absolute atomic E-state index is 0.340. The second-order valence-electron chi connectivity index (χ2n) is 5.00. The van der Waals surface area contributed by atoms with Crippen LogP contribution in [0, 0.1) is 11.7 Å². The van der Waals surface area contributed by atoms with E-state index < -0.39 is 0 Å². The second kappa shape index (κ2) is 6.28. The summed E-state index contributed by atoms with van der Waals surface area (Å²) in [7, 11) is 0. The summed E-state index contributed by atoms with van der Waals surface area (Å²) in [5.41, 5.74) is 3.00. The van der Waals surface area contributed by atoms with E-state index in [0.717, 1.165) is 31.7 Å². The molecule has 1 unspecified atom stereocenters. The minimum atomic E-state index is -0.340. The molecule has 6 heteroatoms. The molecule has 0 radical (unpaired) electrons. The first-order valence-corrected chi connectivity index (χ1v) is 7.57. The van der Waals surface area contributed by atoms with Crippen molar-refractivity contribution in [3.63, 3.8) is 0 Å². The van der Waals surface area contributed by atoms with Gasteiger partial charge in [-0.1, -0.05) is 0 Å². The van der Waals surface area contributed by atoms with E-state index in [2.05, 4.69) is 20.2 Å². The highest BCUT2D eigenvalue weighted by Crippen LogP contribution is 2.19. The highest BCUT2D eigenvalue weighted by atomic mass is 32.1. The van der Waals surface area contributed by atoms with Crippen LogP contribution < -0.4 is 4.74 Å². The predicted molar refractivity (Wildman–Crippen MR) is 75.2 cm³/mol. The average Bonchev–Trinajstić information content (AvgIpc) is 3.11. The van der Waals surface area contributed by atoms with Crippen LogP contribution in [-0.2, 0) is 6.54 Å². The summed E-state index contributed by atoms with van der Waals surface area (Å²) in [5, 5.41) is 2.09. The molecule has 1 aliphatic rings. The Bertz CT molecular complexity index is 532. The molecule has 1 saturated heterocycles. The molecule has 0 aliphatic carbocycles. The highest BCUT2D eigenvalue weighted by molar-refractivity contribution is 7.07. The number of hydrogen-bond acceptors (Lipinski definition) is 5. The lowest BCUT2D eigenvalue weighted by molar-refractivity contribution is 0.231. The molecule has 3 rings (SSSR count). The molecular formula is C14H16FN3OS. The molecule has 0 saturated carbocycles. The maximum Gasteiger partial charge on any atom is 0.213 e. The number of ether oxygens (including phenoxy) is 1. The molecule has 0 amide bonds. The van der Waals surface area contributed by atoms with Gasteiger partial charge in [0.2, 0.25) is 5.88 Å². The maximum absolute atomic E-state index is 12.7. The predicted octanol–water partition coefficient (Wildman–Crippen LogP) is 2.58. The van der Waals surface area contributed by atoms with Crippen molar-refractivity contribution in [1.82, 2.24) is 14.9 Å². The van der Waals surface area contributed by atoms with Crippen molar-refractivity contribution in [2.24, 2.45) is 5.92 Å². The van der Waals surface area contributed by atoms with Crippen LogP contribution in [0.15, 0.2) is 29.2 Å². The third-order valence-electron chi connectivity index (χ3n) is 3.41. The standard InChI is InChI=1S/C14H16FN3OS/c15-12-1-2-14(16-5-12)19-8-11-3-4-18(6-11)7-13-9-20-10-17-13/h1-2,5,9-11H,3-4,6-8H2. The van der Waals surface area contributed by atoms with E-state index >= 15 is 0 Å². The van der Waals surface area contributed by atoms with Gasteiger partial charge < -0.3 is 4.74 Å². The van der Waals surface area contributed by atoms with Crippen LogP contribution >= 0.6 is 11.3 Å². The van der Waals surface area contributed by atoms with Gasteiger partial charge in [-0.25, -0.2) is 14.4 Å². The van der Waals surface area contributed by atoms with Crippen molar-refractivity contribution in [2.45, 2.75) is 13.0 Å². The van der Waals surface area contributed by atoms with Crippen molar-refractivity contribution >= 4 is 11.3 Å². The Morgan fingerprint density at radius 3 is 3.10 bits per heavy atom. The van der Waals surface area contributed by atoms with Gasteiger partial charge in [0.25, 0.3) is 0 Å². The summed E-state index contributed by atoms with van der Waals surface area (Å²) >= 11 is 1.63. The first kappa shape index (κ1) is 13.5. The normalized spacial score (nSPS) is 19.4. The zero-order chi connectivity index (χ0) is 13.8. The summed E-state index contributed by atoms with van der Waals surface area (Å²) in [4.78, 5) is 10.6. The first-order chi connectivity index (χ1) is 9.79. The Kier molecular flexibility index (Phi) is 4.22. The fraction of sp³-hybridized carbons (Fsp3) is 0.429. The molecular weight excluding hydrogens is 277 g/mol. The molecule has 1 fully saturated rings. The second-order valence-corrected chi connectivity index (χ2v) is 5.71. The molecule has 4 nitrogen and oxygen atoms in total. The lowest BCUT2D eigenvalue weighted by Crippen LogP contribution is -2.22. The molecule has 2 aromatic rings. The van der Waals surface area contributed by atoms with Crippen molar-refractivity contribution in [2.75, 3.05) is 19.7 Å². The van der Waals surface area contributed by atoms with Crippen LogP contribution in [0.5, 0.6) is 5.88 Å². The van der Waals surface area contributed by atoms with Crippen molar-refractivity contribution in [1.29, 1.82) is 0 Å². The number of halogens is 1. The van der Waals surface area contributed by atoms with E-state index in [-0.39, 0.29) is 5.82 Å². The van der Waals surface area contributed by atoms with Gasteiger partial charge in [-0.3, -0.25) is 4.90 Å². The molecule has 3 heterocycles. The molecule has 106 valence electrons. The fourth-order valence-corrected chi connectivity index (χ4v) is 2.94. The minimum Gasteiger partial charge on any atom is -0.477 e. The van der Waals surface area contributed by atoms with Crippen LogP contribution in [0.25, 0.3) is 0 Å². The summed E-state index contributed by atoms with van der Waals surface area (Å²) < 4.78 is 18.3. The number of rotatable bonds is 5. The van der Waals surface area contributed by atoms with Crippen molar-refractivity contribution < 1.29 is 9.13 Å². The third kappa shape index (κ3) is 3.52. The molecule has 0 aromatic carbocycles. The van der Waals surface area contributed by atoms with Gasteiger partial charge in [0.1, 0.15) is 5.82 Å².